The fraction of sp³-hybridized carbons (Fsp3) is 0.789. The molecule has 0 saturated heterocycles. The normalized spacial score (nSPS) is 12.7. The molecular weight excluding hydrogens is 383 g/mol. The Morgan fingerprint density at radius 3 is 1.82 bits per heavy atom. The zero-order chi connectivity index (χ0) is 21.6. The fourth-order valence-electron chi connectivity index (χ4n) is 2.53. The summed E-state index contributed by atoms with van der Waals surface area (Å²) in [6.45, 7) is 15.5. The Hall–Kier alpha value is -1.21. The van der Waals surface area contributed by atoms with E-state index < -0.39 is 13.8 Å². The molecule has 9 heteroatoms. The van der Waals surface area contributed by atoms with Gasteiger partial charge in [0.2, 0.25) is 0 Å². The predicted molar refractivity (Wildman–Crippen MR) is 108 cm³/mol. The van der Waals surface area contributed by atoms with Gasteiger partial charge in [0.25, 0.3) is 0 Å². The van der Waals surface area contributed by atoms with Crippen molar-refractivity contribution >= 4 is 13.8 Å². The van der Waals surface area contributed by atoms with Crippen molar-refractivity contribution in [1.82, 2.24) is 9.78 Å². The van der Waals surface area contributed by atoms with Crippen LogP contribution in [0.3, 0.4) is 0 Å². The van der Waals surface area contributed by atoms with E-state index in [1.807, 2.05) is 55.4 Å². The van der Waals surface area contributed by atoms with E-state index in [4.69, 9.17) is 13.6 Å². The number of carboxylic acid groups (broad SMARTS) is 1. The number of aromatic nitrogens is 2. The van der Waals surface area contributed by atoms with Crippen LogP contribution in [0, 0.1) is 11.8 Å². The van der Waals surface area contributed by atoms with Crippen LogP contribution < -0.4 is 0 Å². The molecule has 1 rings (SSSR count). The minimum absolute atomic E-state index is 0.0292. The van der Waals surface area contributed by atoms with Crippen LogP contribution in [-0.2, 0) is 24.9 Å². The van der Waals surface area contributed by atoms with E-state index in [0.29, 0.717) is 11.3 Å². The standard InChI is InChI=1S/C19H35N2O6P/c1-12(2)9-25-28(24,26-10-13(3)4)27-11-21-18(19(22)23)16(14(5)6)17(20-21)15(7)8/h12-15H,9-11H2,1-8H3,(H,22,23). The van der Waals surface area contributed by atoms with Crippen LogP contribution >= 0.6 is 7.82 Å². The lowest BCUT2D eigenvalue weighted by Gasteiger charge is -2.20. The van der Waals surface area contributed by atoms with Gasteiger partial charge >= 0.3 is 13.8 Å². The Labute approximate surface area is 168 Å². The van der Waals surface area contributed by atoms with Gasteiger partial charge in [0.1, 0.15) is 0 Å². The number of carboxylic acids is 1. The summed E-state index contributed by atoms with van der Waals surface area (Å²) in [5.41, 5.74) is 1.39. The molecule has 8 nitrogen and oxygen atoms in total. The summed E-state index contributed by atoms with van der Waals surface area (Å²) in [6.07, 6.45) is 0. The molecule has 0 aliphatic carbocycles. The van der Waals surface area contributed by atoms with Crippen LogP contribution in [0.2, 0.25) is 0 Å². The summed E-state index contributed by atoms with van der Waals surface area (Å²) in [6, 6.07) is 0. The number of phosphoric ester groups is 1. The lowest BCUT2D eigenvalue weighted by atomic mass is 9.95. The molecule has 0 aliphatic heterocycles. The van der Waals surface area contributed by atoms with Crippen molar-refractivity contribution in [2.45, 2.75) is 74.0 Å². The molecule has 1 heterocycles. The molecule has 0 radical (unpaired) electrons. The highest BCUT2D eigenvalue weighted by molar-refractivity contribution is 7.48. The number of carbonyl (C=O) groups is 1. The summed E-state index contributed by atoms with van der Waals surface area (Å²) in [4.78, 5) is 11.9. The molecule has 0 aliphatic rings. The molecule has 162 valence electrons. The number of nitrogens with zero attached hydrogens (tertiary/aromatic N) is 2. The van der Waals surface area contributed by atoms with Gasteiger partial charge in [0.05, 0.1) is 18.9 Å². The largest absolute Gasteiger partial charge is 0.477 e. The smallest absolute Gasteiger partial charge is 0.476 e. The number of hydrogen-bond donors (Lipinski definition) is 1. The van der Waals surface area contributed by atoms with Crippen molar-refractivity contribution in [3.63, 3.8) is 0 Å². The second-order valence-electron chi connectivity index (χ2n) is 8.35. The highest BCUT2D eigenvalue weighted by atomic mass is 31.2. The van der Waals surface area contributed by atoms with Gasteiger partial charge in [-0.15, -0.1) is 0 Å². The number of aromatic carboxylic acids is 1. The SMILES string of the molecule is CC(C)COP(=O)(OCC(C)C)OCn1nc(C(C)C)c(C(C)C)c1C(=O)O. The lowest BCUT2D eigenvalue weighted by molar-refractivity contribution is 0.0602. The Kier molecular flexibility index (Phi) is 9.34. The van der Waals surface area contributed by atoms with Crippen molar-refractivity contribution in [3.05, 3.63) is 17.0 Å². The molecule has 0 spiro atoms. The van der Waals surface area contributed by atoms with Crippen LogP contribution in [-0.4, -0.2) is 34.1 Å². The summed E-state index contributed by atoms with van der Waals surface area (Å²) in [5.74, 6) is -0.818. The number of phosphoric acid groups is 1. The number of rotatable bonds is 12. The molecule has 1 aromatic heterocycles. The van der Waals surface area contributed by atoms with Gasteiger partial charge in [-0.1, -0.05) is 55.4 Å². The molecule has 0 atom stereocenters. The van der Waals surface area contributed by atoms with Gasteiger partial charge in [-0.2, -0.15) is 5.10 Å². The van der Waals surface area contributed by atoms with Crippen LogP contribution in [0.25, 0.3) is 0 Å². The Balaban J connectivity index is 3.17. The van der Waals surface area contributed by atoms with E-state index >= 15 is 0 Å². The van der Waals surface area contributed by atoms with E-state index in [-0.39, 0.29) is 49.3 Å². The van der Waals surface area contributed by atoms with Gasteiger partial charge in [-0.05, 0) is 23.7 Å². The van der Waals surface area contributed by atoms with E-state index in [9.17, 15) is 14.5 Å². The topological polar surface area (TPSA) is 99.9 Å². The molecule has 1 N–H and O–H groups in total. The third kappa shape index (κ3) is 6.99. The Bertz CT molecular complexity index is 681. The van der Waals surface area contributed by atoms with Gasteiger partial charge in [0.15, 0.2) is 12.4 Å². The van der Waals surface area contributed by atoms with E-state index in [1.165, 1.54) is 4.68 Å². The Morgan fingerprint density at radius 2 is 1.46 bits per heavy atom. The Morgan fingerprint density at radius 1 is 0.964 bits per heavy atom. The van der Waals surface area contributed by atoms with Crippen LogP contribution in [0.1, 0.15) is 89.0 Å². The van der Waals surface area contributed by atoms with E-state index in [2.05, 4.69) is 5.10 Å². The molecular formula is C19H35N2O6P. The average Bonchev–Trinajstić information content (AvgIpc) is 2.97. The maximum atomic E-state index is 13.0. The fourth-order valence-corrected chi connectivity index (χ4v) is 3.96. The quantitative estimate of drug-likeness (QED) is 0.462. The molecule has 0 aromatic carbocycles. The summed E-state index contributed by atoms with van der Waals surface area (Å²) >= 11 is 0. The first-order valence-corrected chi connectivity index (χ1v) is 11.2. The second-order valence-corrected chi connectivity index (χ2v) is 10.0. The first-order chi connectivity index (χ1) is 12.9. The number of hydrogen-bond acceptors (Lipinski definition) is 6. The first-order valence-electron chi connectivity index (χ1n) is 9.75. The summed E-state index contributed by atoms with van der Waals surface area (Å²) in [7, 11) is -3.85. The third-order valence-electron chi connectivity index (χ3n) is 3.81. The predicted octanol–water partition coefficient (Wildman–Crippen LogP) is 5.26. The van der Waals surface area contributed by atoms with E-state index in [0.717, 1.165) is 0 Å². The first kappa shape index (κ1) is 24.8. The highest BCUT2D eigenvalue weighted by Gasteiger charge is 2.31. The summed E-state index contributed by atoms with van der Waals surface area (Å²) < 4.78 is 30.5. The molecule has 0 bridgehead atoms. The van der Waals surface area contributed by atoms with Crippen LogP contribution in [0.5, 0.6) is 0 Å². The lowest BCUT2D eigenvalue weighted by Crippen LogP contribution is -2.15. The highest BCUT2D eigenvalue weighted by Crippen LogP contribution is 2.50. The van der Waals surface area contributed by atoms with Crippen LogP contribution in [0.15, 0.2) is 0 Å². The molecule has 0 amide bonds. The van der Waals surface area contributed by atoms with Crippen molar-refractivity contribution in [2.24, 2.45) is 11.8 Å². The minimum atomic E-state index is -3.85. The third-order valence-corrected chi connectivity index (χ3v) is 5.18. The van der Waals surface area contributed by atoms with Gasteiger partial charge < -0.3 is 5.11 Å². The van der Waals surface area contributed by atoms with Crippen molar-refractivity contribution in [1.29, 1.82) is 0 Å². The zero-order valence-corrected chi connectivity index (χ0v) is 19.2. The molecule has 0 unspecified atom stereocenters. The maximum Gasteiger partial charge on any atom is 0.476 e. The molecule has 0 fully saturated rings. The van der Waals surface area contributed by atoms with Gasteiger partial charge in [-0.25, -0.2) is 14.0 Å². The van der Waals surface area contributed by atoms with E-state index in [1.54, 1.807) is 0 Å². The molecule has 28 heavy (non-hydrogen) atoms. The molecule has 0 saturated carbocycles. The van der Waals surface area contributed by atoms with Gasteiger partial charge in [-0.3, -0.25) is 13.6 Å². The average molecular weight is 418 g/mol. The van der Waals surface area contributed by atoms with Crippen molar-refractivity contribution in [3.8, 4) is 0 Å². The monoisotopic (exact) mass is 418 g/mol. The minimum Gasteiger partial charge on any atom is -0.477 e. The molecule has 1 aromatic rings. The zero-order valence-electron chi connectivity index (χ0n) is 18.3. The van der Waals surface area contributed by atoms with Gasteiger partial charge in [0, 0.05) is 5.56 Å². The van der Waals surface area contributed by atoms with Crippen LogP contribution in [0.4, 0.5) is 0 Å². The summed E-state index contributed by atoms with van der Waals surface area (Å²) in [5, 5.41) is 14.1. The van der Waals surface area contributed by atoms with Crippen molar-refractivity contribution < 1.29 is 28.0 Å². The second kappa shape index (κ2) is 10.5. The maximum absolute atomic E-state index is 13.0. The van der Waals surface area contributed by atoms with Crippen molar-refractivity contribution in [2.75, 3.05) is 13.2 Å².